The van der Waals surface area contributed by atoms with E-state index in [4.69, 9.17) is 27.9 Å². The van der Waals surface area contributed by atoms with Gasteiger partial charge in [0.05, 0.1) is 0 Å². The van der Waals surface area contributed by atoms with Crippen LogP contribution in [0.5, 0.6) is 5.75 Å². The lowest BCUT2D eigenvalue weighted by Crippen LogP contribution is -2.32. The highest BCUT2D eigenvalue weighted by Gasteiger charge is 2.19. The Bertz CT molecular complexity index is 656. The van der Waals surface area contributed by atoms with Crippen molar-refractivity contribution in [3.05, 3.63) is 58.1 Å². The Morgan fingerprint density at radius 3 is 2.41 bits per heavy atom. The molecule has 2 rings (SSSR count). The minimum atomic E-state index is -0.584. The van der Waals surface area contributed by atoms with Gasteiger partial charge in [0, 0.05) is 15.7 Å². The van der Waals surface area contributed by atoms with E-state index < -0.39 is 6.10 Å². The number of carbonyl (C=O) groups is 1. The molecule has 2 aromatic rings. The van der Waals surface area contributed by atoms with Gasteiger partial charge in [-0.1, -0.05) is 36.2 Å². The van der Waals surface area contributed by atoms with Crippen LogP contribution in [0, 0.1) is 6.92 Å². The van der Waals surface area contributed by atoms with Crippen LogP contribution in [0.25, 0.3) is 0 Å². The Morgan fingerprint density at radius 2 is 1.77 bits per heavy atom. The first-order valence-electron chi connectivity index (χ1n) is 6.99. The third-order valence-corrected chi connectivity index (χ3v) is 3.70. The largest absolute Gasteiger partial charge is 0.481 e. The number of ether oxygens (including phenoxy) is 1. The summed E-state index contributed by atoms with van der Waals surface area (Å²) in [6.07, 6.45) is -0.0341. The summed E-state index contributed by atoms with van der Waals surface area (Å²) in [5.74, 6) is 0.400. The first kappa shape index (κ1) is 16.7. The molecule has 0 aliphatic rings. The number of benzene rings is 2. The molecule has 0 saturated carbocycles. The van der Waals surface area contributed by atoms with Crippen molar-refractivity contribution >= 4 is 34.8 Å². The minimum absolute atomic E-state index is 0.206. The van der Waals surface area contributed by atoms with Crippen molar-refractivity contribution in [1.29, 1.82) is 0 Å². The molecule has 0 aliphatic heterocycles. The number of hydrogen-bond donors (Lipinski definition) is 1. The lowest BCUT2D eigenvalue weighted by atomic mass is 10.2. The zero-order valence-electron chi connectivity index (χ0n) is 12.4. The molecule has 0 aromatic heterocycles. The SMILES string of the molecule is CC[C@H](Oc1ccc(Cl)cc1)C(=O)Nc1cc(Cl)ccc1C. The number of hydrogen-bond acceptors (Lipinski definition) is 2. The number of halogens is 2. The van der Waals surface area contributed by atoms with E-state index >= 15 is 0 Å². The maximum absolute atomic E-state index is 12.4. The van der Waals surface area contributed by atoms with Gasteiger partial charge in [-0.15, -0.1) is 0 Å². The molecule has 0 aliphatic carbocycles. The van der Waals surface area contributed by atoms with Gasteiger partial charge in [0.2, 0.25) is 0 Å². The zero-order chi connectivity index (χ0) is 16.1. The molecule has 0 fully saturated rings. The van der Waals surface area contributed by atoms with Gasteiger partial charge in [0.25, 0.3) is 5.91 Å². The van der Waals surface area contributed by atoms with E-state index in [2.05, 4.69) is 5.32 Å². The Kier molecular flexibility index (Phi) is 5.69. The average molecular weight is 338 g/mol. The Labute approximate surface area is 140 Å². The summed E-state index contributed by atoms with van der Waals surface area (Å²) in [6, 6.07) is 12.3. The van der Waals surface area contributed by atoms with Gasteiger partial charge >= 0.3 is 0 Å². The van der Waals surface area contributed by atoms with E-state index in [0.29, 0.717) is 27.9 Å². The molecular weight excluding hydrogens is 321 g/mol. The molecule has 0 spiro atoms. The highest BCUT2D eigenvalue weighted by Crippen LogP contribution is 2.22. The molecule has 2 aromatic carbocycles. The molecular formula is C17H17Cl2NO2. The van der Waals surface area contributed by atoms with E-state index in [1.54, 1.807) is 36.4 Å². The second kappa shape index (κ2) is 7.52. The van der Waals surface area contributed by atoms with Gasteiger partial charge in [0.1, 0.15) is 5.75 Å². The number of amides is 1. The second-order valence-electron chi connectivity index (χ2n) is 4.92. The molecule has 1 amide bonds. The van der Waals surface area contributed by atoms with Crippen LogP contribution in [0.3, 0.4) is 0 Å². The summed E-state index contributed by atoms with van der Waals surface area (Å²) in [5.41, 5.74) is 1.63. The van der Waals surface area contributed by atoms with Crippen LogP contribution in [0.4, 0.5) is 5.69 Å². The van der Waals surface area contributed by atoms with Crippen LogP contribution in [0.1, 0.15) is 18.9 Å². The second-order valence-corrected chi connectivity index (χ2v) is 5.79. The lowest BCUT2D eigenvalue weighted by Gasteiger charge is -2.18. The maximum Gasteiger partial charge on any atom is 0.265 e. The summed E-state index contributed by atoms with van der Waals surface area (Å²) in [7, 11) is 0. The van der Waals surface area contributed by atoms with Gasteiger partial charge in [-0.2, -0.15) is 0 Å². The molecule has 22 heavy (non-hydrogen) atoms. The maximum atomic E-state index is 12.4. The predicted molar refractivity (Wildman–Crippen MR) is 91.0 cm³/mol. The molecule has 0 saturated heterocycles. The van der Waals surface area contributed by atoms with Crippen LogP contribution in [0.2, 0.25) is 10.0 Å². The van der Waals surface area contributed by atoms with Gasteiger partial charge < -0.3 is 10.1 Å². The summed E-state index contributed by atoms with van der Waals surface area (Å²) < 4.78 is 5.72. The molecule has 0 radical (unpaired) electrons. The average Bonchev–Trinajstić information content (AvgIpc) is 2.50. The van der Waals surface area contributed by atoms with Crippen molar-refractivity contribution in [3.8, 4) is 5.75 Å². The Balaban J connectivity index is 2.08. The van der Waals surface area contributed by atoms with Gasteiger partial charge in [-0.25, -0.2) is 0 Å². The van der Waals surface area contributed by atoms with E-state index in [-0.39, 0.29) is 5.91 Å². The Morgan fingerprint density at radius 1 is 1.14 bits per heavy atom. The fourth-order valence-electron chi connectivity index (χ4n) is 1.94. The van der Waals surface area contributed by atoms with E-state index in [1.807, 2.05) is 19.9 Å². The first-order valence-corrected chi connectivity index (χ1v) is 7.74. The molecule has 5 heteroatoms. The van der Waals surface area contributed by atoms with Crippen molar-refractivity contribution in [2.75, 3.05) is 5.32 Å². The third kappa shape index (κ3) is 4.39. The lowest BCUT2D eigenvalue weighted by molar-refractivity contribution is -0.122. The Hall–Kier alpha value is -1.71. The highest BCUT2D eigenvalue weighted by molar-refractivity contribution is 6.31. The molecule has 0 heterocycles. The minimum Gasteiger partial charge on any atom is -0.481 e. The number of nitrogens with one attached hydrogen (secondary N) is 1. The number of rotatable bonds is 5. The van der Waals surface area contributed by atoms with Crippen molar-refractivity contribution in [1.82, 2.24) is 0 Å². The third-order valence-electron chi connectivity index (χ3n) is 3.21. The van der Waals surface area contributed by atoms with Crippen molar-refractivity contribution in [3.63, 3.8) is 0 Å². The number of aryl methyl sites for hydroxylation is 1. The fraction of sp³-hybridized carbons (Fsp3) is 0.235. The monoisotopic (exact) mass is 337 g/mol. The predicted octanol–water partition coefficient (Wildman–Crippen LogP) is 5.10. The summed E-state index contributed by atoms with van der Waals surface area (Å²) >= 11 is 11.8. The quantitative estimate of drug-likeness (QED) is 0.824. The smallest absolute Gasteiger partial charge is 0.265 e. The van der Waals surface area contributed by atoms with Crippen LogP contribution >= 0.6 is 23.2 Å². The van der Waals surface area contributed by atoms with Crippen LogP contribution < -0.4 is 10.1 Å². The molecule has 0 unspecified atom stereocenters. The van der Waals surface area contributed by atoms with Crippen LogP contribution in [0.15, 0.2) is 42.5 Å². The van der Waals surface area contributed by atoms with E-state index in [1.165, 1.54) is 0 Å². The van der Waals surface area contributed by atoms with Gasteiger partial charge in [-0.3, -0.25) is 4.79 Å². The molecule has 3 nitrogen and oxygen atoms in total. The van der Waals surface area contributed by atoms with Gasteiger partial charge in [-0.05, 0) is 55.3 Å². The zero-order valence-corrected chi connectivity index (χ0v) is 13.9. The number of anilines is 1. The topological polar surface area (TPSA) is 38.3 Å². The fourth-order valence-corrected chi connectivity index (χ4v) is 2.24. The molecule has 1 N–H and O–H groups in total. The molecule has 0 bridgehead atoms. The normalized spacial score (nSPS) is 11.8. The van der Waals surface area contributed by atoms with Gasteiger partial charge in [0.15, 0.2) is 6.10 Å². The summed E-state index contributed by atoms with van der Waals surface area (Å²) in [4.78, 5) is 12.4. The van der Waals surface area contributed by atoms with Crippen molar-refractivity contribution in [2.45, 2.75) is 26.4 Å². The van der Waals surface area contributed by atoms with E-state index in [9.17, 15) is 4.79 Å². The molecule has 1 atom stereocenters. The number of carbonyl (C=O) groups excluding carboxylic acids is 1. The van der Waals surface area contributed by atoms with E-state index in [0.717, 1.165) is 5.56 Å². The summed E-state index contributed by atoms with van der Waals surface area (Å²) in [6.45, 7) is 3.80. The van der Waals surface area contributed by atoms with Crippen LogP contribution in [-0.2, 0) is 4.79 Å². The molecule has 116 valence electrons. The summed E-state index contributed by atoms with van der Waals surface area (Å²) in [5, 5.41) is 4.06. The standard InChI is InChI=1S/C17H17Cl2NO2/c1-3-16(22-14-8-6-12(18)7-9-14)17(21)20-15-10-13(19)5-4-11(15)2/h4-10,16H,3H2,1-2H3,(H,20,21)/t16-/m0/s1. The van der Waals surface area contributed by atoms with Crippen LogP contribution in [-0.4, -0.2) is 12.0 Å². The highest BCUT2D eigenvalue weighted by atomic mass is 35.5. The first-order chi connectivity index (χ1) is 10.5. The van der Waals surface area contributed by atoms with Crippen molar-refractivity contribution in [2.24, 2.45) is 0 Å². The van der Waals surface area contributed by atoms with Crippen molar-refractivity contribution < 1.29 is 9.53 Å².